The van der Waals surface area contributed by atoms with Crippen LogP contribution < -0.4 is 10.4 Å². The van der Waals surface area contributed by atoms with Crippen LogP contribution in [0.4, 0.5) is 11.4 Å². The number of hydrogen-bond donors (Lipinski definition) is 1. The molecule has 1 aliphatic heterocycles. The number of nitrogens with one attached hydrogen (secondary N) is 1. The van der Waals surface area contributed by atoms with Crippen molar-refractivity contribution in [3.63, 3.8) is 0 Å². The molecule has 5 atom stereocenters. The van der Waals surface area contributed by atoms with Crippen LogP contribution in [0.1, 0.15) is 42.1 Å². The Bertz CT molecular complexity index is 999. The lowest BCUT2D eigenvalue weighted by molar-refractivity contribution is -0.387. The molecule has 2 aliphatic rings. The highest BCUT2D eigenvalue weighted by atomic mass is 35.5. The van der Waals surface area contributed by atoms with E-state index in [9.17, 15) is 20.0 Å². The first kappa shape index (κ1) is 21.0. The van der Waals surface area contributed by atoms with Gasteiger partial charge in [-0.2, -0.15) is 0 Å². The third kappa shape index (κ3) is 3.54. The van der Waals surface area contributed by atoms with E-state index < -0.39 is 5.97 Å². The minimum absolute atomic E-state index is 0.0247. The zero-order chi connectivity index (χ0) is 21.6. The third-order valence-electron chi connectivity index (χ3n) is 6.17. The molecule has 30 heavy (non-hydrogen) atoms. The van der Waals surface area contributed by atoms with Crippen molar-refractivity contribution in [2.24, 2.45) is 11.8 Å². The zero-order valence-electron chi connectivity index (χ0n) is 16.6. The van der Waals surface area contributed by atoms with Crippen LogP contribution in [0.5, 0.6) is 0 Å². The Labute approximate surface area is 184 Å². The maximum atomic E-state index is 11.7. The van der Waals surface area contributed by atoms with E-state index in [-0.39, 0.29) is 50.6 Å². The van der Waals surface area contributed by atoms with E-state index in [4.69, 9.17) is 11.6 Å². The highest BCUT2D eigenvalue weighted by Crippen LogP contribution is 2.56. The molecule has 6 nitrogen and oxygen atoms in total. The summed E-state index contributed by atoms with van der Waals surface area (Å²) in [5.41, 5.74) is 1.72. The second-order valence-corrected chi connectivity index (χ2v) is 10.0. The first-order chi connectivity index (χ1) is 14.3. The number of carbonyl (C=O) groups excluding carboxylic acids is 1. The number of anilines is 1. The van der Waals surface area contributed by atoms with Crippen molar-refractivity contribution in [1.82, 2.24) is 0 Å². The number of para-hydroxylation sites is 2. The van der Waals surface area contributed by atoms with E-state index >= 15 is 0 Å². The van der Waals surface area contributed by atoms with Crippen LogP contribution in [-0.4, -0.2) is 27.6 Å². The summed E-state index contributed by atoms with van der Waals surface area (Å²) >= 11 is 8.43. The lowest BCUT2D eigenvalue weighted by Gasteiger charge is -2.41. The lowest BCUT2D eigenvalue weighted by Crippen LogP contribution is -2.41. The normalized spacial score (nSPS) is 27.3. The number of hydrogen-bond acceptors (Lipinski definition) is 6. The van der Waals surface area contributed by atoms with Gasteiger partial charge in [0, 0.05) is 34.5 Å². The van der Waals surface area contributed by atoms with Crippen molar-refractivity contribution < 1.29 is 14.8 Å². The Morgan fingerprint density at radius 1 is 1.23 bits per heavy atom. The molecule has 158 valence electrons. The number of nitro benzene ring substituents is 1. The van der Waals surface area contributed by atoms with Crippen molar-refractivity contribution in [3.8, 4) is 0 Å². The van der Waals surface area contributed by atoms with Crippen molar-refractivity contribution in [2.75, 3.05) is 5.32 Å². The fourth-order valence-electron chi connectivity index (χ4n) is 4.88. The molecule has 1 fully saturated rings. The van der Waals surface area contributed by atoms with E-state index in [1.54, 1.807) is 30.3 Å². The number of carboxylic acid groups (broad SMARTS) is 1. The zero-order valence-corrected chi connectivity index (χ0v) is 18.2. The van der Waals surface area contributed by atoms with Gasteiger partial charge in [0.05, 0.1) is 21.2 Å². The molecule has 8 heteroatoms. The van der Waals surface area contributed by atoms with E-state index in [1.807, 2.05) is 6.07 Å². The number of carbonyl (C=O) groups is 1. The van der Waals surface area contributed by atoms with Crippen molar-refractivity contribution in [2.45, 2.75) is 47.8 Å². The Morgan fingerprint density at radius 2 is 1.97 bits per heavy atom. The van der Waals surface area contributed by atoms with Crippen molar-refractivity contribution in [3.05, 3.63) is 63.7 Å². The standard InChI is InChI=1S/C22H23ClN2O4S/c1-11(2)20-14-10-17(30-16-9-4-3-8-15(16)25(28)29)19(23)18(14)12-6-5-7-13(22(26)27)21(12)24-20/h3-9,11,14,17-20,24H,10H2,1-2H3,(H,26,27)/p-1/t14-,17-,18+,19-,20-/m0/s1. The Kier molecular flexibility index (Phi) is 5.68. The topological polar surface area (TPSA) is 95.3 Å². The fourth-order valence-corrected chi connectivity index (χ4v) is 6.83. The number of carboxylic acids is 1. The highest BCUT2D eigenvalue weighted by Gasteiger charge is 2.50. The molecular weight excluding hydrogens is 424 g/mol. The minimum atomic E-state index is -1.21. The fraction of sp³-hybridized carbons (Fsp3) is 0.409. The number of nitro groups is 1. The summed E-state index contributed by atoms with van der Waals surface area (Å²) in [6, 6.07) is 12.0. The largest absolute Gasteiger partial charge is 0.545 e. The average molecular weight is 446 g/mol. The molecule has 0 aromatic heterocycles. The van der Waals surface area contributed by atoms with Crippen LogP contribution in [0.25, 0.3) is 0 Å². The average Bonchev–Trinajstić information content (AvgIpc) is 3.03. The molecule has 0 unspecified atom stereocenters. The predicted molar refractivity (Wildman–Crippen MR) is 116 cm³/mol. The molecule has 2 aromatic rings. The number of nitrogens with zero attached hydrogens (tertiary/aromatic N) is 1. The van der Waals surface area contributed by atoms with Crippen LogP contribution in [0.2, 0.25) is 0 Å². The summed E-state index contributed by atoms with van der Waals surface area (Å²) in [6.45, 7) is 4.21. The molecule has 1 heterocycles. The molecule has 0 radical (unpaired) electrons. The Morgan fingerprint density at radius 3 is 2.63 bits per heavy atom. The SMILES string of the molecule is CC(C)[C@@H]1Nc2c(C(=O)[O-])cccc2[C@H]2[C@@H](Cl)[C@@H](Sc3ccccc3[N+](=O)[O-])C[C@@H]21. The smallest absolute Gasteiger partial charge is 0.282 e. The Balaban J connectivity index is 1.72. The molecule has 0 bridgehead atoms. The summed E-state index contributed by atoms with van der Waals surface area (Å²) < 4.78 is 0. The van der Waals surface area contributed by atoms with E-state index in [0.29, 0.717) is 10.6 Å². The van der Waals surface area contributed by atoms with Gasteiger partial charge in [0.2, 0.25) is 0 Å². The van der Waals surface area contributed by atoms with Crippen LogP contribution >= 0.6 is 23.4 Å². The van der Waals surface area contributed by atoms with Gasteiger partial charge in [-0.05, 0) is 29.9 Å². The predicted octanol–water partition coefficient (Wildman–Crippen LogP) is 4.28. The number of alkyl halides is 1. The molecule has 1 N–H and O–H groups in total. The molecule has 2 aromatic carbocycles. The van der Waals surface area contributed by atoms with Gasteiger partial charge in [-0.25, -0.2) is 0 Å². The minimum Gasteiger partial charge on any atom is -0.545 e. The summed E-state index contributed by atoms with van der Waals surface area (Å²) in [5, 5.41) is 26.3. The summed E-state index contributed by atoms with van der Waals surface area (Å²) in [4.78, 5) is 23.3. The van der Waals surface area contributed by atoms with Crippen LogP contribution in [0.3, 0.4) is 0 Å². The molecule has 0 amide bonds. The van der Waals surface area contributed by atoms with Gasteiger partial charge in [-0.3, -0.25) is 10.1 Å². The second kappa shape index (κ2) is 8.12. The van der Waals surface area contributed by atoms with E-state index in [0.717, 1.165) is 12.0 Å². The summed E-state index contributed by atoms with van der Waals surface area (Å²) in [7, 11) is 0. The third-order valence-corrected chi connectivity index (χ3v) is 8.28. The van der Waals surface area contributed by atoms with Gasteiger partial charge in [0.15, 0.2) is 0 Å². The molecule has 1 saturated carbocycles. The summed E-state index contributed by atoms with van der Waals surface area (Å²) in [5.74, 6) is -0.776. The molecule has 1 aliphatic carbocycles. The number of rotatable bonds is 5. The number of halogens is 1. The quantitative estimate of drug-likeness (QED) is 0.419. The number of benzene rings is 2. The van der Waals surface area contributed by atoms with E-state index in [1.165, 1.54) is 17.8 Å². The van der Waals surface area contributed by atoms with E-state index in [2.05, 4.69) is 19.2 Å². The summed E-state index contributed by atoms with van der Waals surface area (Å²) in [6.07, 6.45) is 0.792. The monoisotopic (exact) mass is 445 g/mol. The number of aromatic carboxylic acids is 1. The second-order valence-electron chi connectivity index (χ2n) is 8.22. The number of thioether (sulfide) groups is 1. The molecule has 0 spiro atoms. The van der Waals surface area contributed by atoms with Crippen molar-refractivity contribution >= 4 is 40.7 Å². The molecular formula is C22H22ClN2O4S-. The number of fused-ring (bicyclic) bond motifs is 3. The van der Waals surface area contributed by atoms with Gasteiger partial charge in [0.25, 0.3) is 5.69 Å². The first-order valence-electron chi connectivity index (χ1n) is 9.94. The van der Waals surface area contributed by atoms with Crippen LogP contribution in [-0.2, 0) is 0 Å². The highest BCUT2D eigenvalue weighted by molar-refractivity contribution is 8.00. The van der Waals surface area contributed by atoms with Crippen LogP contribution in [0.15, 0.2) is 47.4 Å². The van der Waals surface area contributed by atoms with Gasteiger partial charge < -0.3 is 15.2 Å². The van der Waals surface area contributed by atoms with Crippen molar-refractivity contribution in [1.29, 1.82) is 0 Å². The first-order valence-corrected chi connectivity index (χ1v) is 11.3. The van der Waals surface area contributed by atoms with Crippen LogP contribution in [0, 0.1) is 22.0 Å². The Hall–Kier alpha value is -2.25. The van der Waals surface area contributed by atoms with Gasteiger partial charge in [-0.15, -0.1) is 23.4 Å². The van der Waals surface area contributed by atoms with Gasteiger partial charge in [0.1, 0.15) is 0 Å². The maximum absolute atomic E-state index is 11.7. The maximum Gasteiger partial charge on any atom is 0.282 e. The lowest BCUT2D eigenvalue weighted by atomic mass is 9.75. The molecule has 0 saturated heterocycles. The van der Waals surface area contributed by atoms with Gasteiger partial charge >= 0.3 is 0 Å². The molecule has 4 rings (SSSR count). The van der Waals surface area contributed by atoms with Gasteiger partial charge in [-0.1, -0.05) is 44.2 Å².